The van der Waals surface area contributed by atoms with Crippen molar-refractivity contribution in [3.8, 4) is 5.88 Å². The maximum Gasteiger partial charge on any atom is 0.274 e. The molecule has 0 radical (unpaired) electrons. The van der Waals surface area contributed by atoms with Crippen LogP contribution in [-0.4, -0.2) is 53.2 Å². The Kier molecular flexibility index (Phi) is 4.11. The van der Waals surface area contributed by atoms with Gasteiger partial charge in [-0.2, -0.15) is 0 Å². The molecule has 1 aromatic rings. The SMILES string of the molecule is O=C(c1cnc(OCC2CC2)cn1)N1CC2(CCOCC2)[C@@H]2CCC[C@@H]21. The summed E-state index contributed by atoms with van der Waals surface area (Å²) < 4.78 is 11.2. The molecule has 26 heavy (non-hydrogen) atoms. The van der Waals surface area contributed by atoms with Crippen molar-refractivity contribution in [3.63, 3.8) is 0 Å². The van der Waals surface area contributed by atoms with Crippen LogP contribution >= 0.6 is 0 Å². The van der Waals surface area contributed by atoms with Crippen LogP contribution in [0.5, 0.6) is 5.88 Å². The molecule has 2 saturated heterocycles. The standard InChI is InChI=1S/C20H27N3O3/c24-19(16-10-22-18(11-21-16)26-12-14-4-5-14)23-13-20(6-8-25-9-7-20)15-2-1-3-17(15)23/h10-11,14-15,17H,1-9,12-13H2/t15-,17+/m1/s1. The van der Waals surface area contributed by atoms with Crippen LogP contribution in [0.4, 0.5) is 0 Å². The van der Waals surface area contributed by atoms with Gasteiger partial charge >= 0.3 is 0 Å². The van der Waals surface area contributed by atoms with Crippen molar-refractivity contribution >= 4 is 5.91 Å². The second-order valence-electron chi connectivity index (χ2n) is 8.51. The van der Waals surface area contributed by atoms with Crippen LogP contribution in [-0.2, 0) is 4.74 Å². The van der Waals surface area contributed by atoms with Gasteiger partial charge in [-0.25, -0.2) is 9.97 Å². The average molecular weight is 357 g/mol. The number of nitrogens with zero attached hydrogens (tertiary/aromatic N) is 3. The number of rotatable bonds is 4. The maximum atomic E-state index is 13.2. The summed E-state index contributed by atoms with van der Waals surface area (Å²) in [6.07, 6.45) is 11.4. The van der Waals surface area contributed by atoms with Crippen molar-refractivity contribution in [3.05, 3.63) is 18.1 Å². The largest absolute Gasteiger partial charge is 0.476 e. The molecule has 3 heterocycles. The average Bonchev–Trinajstić information content (AvgIpc) is 3.30. The molecule has 2 aliphatic carbocycles. The Morgan fingerprint density at radius 2 is 2.04 bits per heavy atom. The zero-order valence-corrected chi connectivity index (χ0v) is 15.2. The van der Waals surface area contributed by atoms with E-state index in [0.717, 1.165) is 39.0 Å². The Labute approximate surface area is 154 Å². The number of hydrogen-bond donors (Lipinski definition) is 0. The summed E-state index contributed by atoms with van der Waals surface area (Å²) in [5.41, 5.74) is 0.703. The smallest absolute Gasteiger partial charge is 0.274 e. The van der Waals surface area contributed by atoms with Gasteiger partial charge in [0.1, 0.15) is 5.69 Å². The number of carbonyl (C=O) groups is 1. The van der Waals surface area contributed by atoms with Gasteiger partial charge in [0.05, 0.1) is 19.0 Å². The van der Waals surface area contributed by atoms with Crippen LogP contribution in [0.2, 0.25) is 0 Å². The van der Waals surface area contributed by atoms with Crippen molar-refractivity contribution in [2.45, 2.75) is 51.0 Å². The van der Waals surface area contributed by atoms with Gasteiger partial charge in [0.25, 0.3) is 5.91 Å². The molecular formula is C20H27N3O3. The van der Waals surface area contributed by atoms with Crippen LogP contribution < -0.4 is 4.74 Å². The van der Waals surface area contributed by atoms with Gasteiger partial charge in [0, 0.05) is 25.8 Å². The number of ether oxygens (including phenoxy) is 2. The second kappa shape index (κ2) is 6.48. The van der Waals surface area contributed by atoms with Crippen LogP contribution in [0, 0.1) is 17.3 Å². The predicted molar refractivity (Wildman–Crippen MR) is 94.9 cm³/mol. The monoisotopic (exact) mass is 357 g/mol. The van der Waals surface area contributed by atoms with E-state index < -0.39 is 0 Å². The van der Waals surface area contributed by atoms with E-state index in [2.05, 4.69) is 14.9 Å². The Morgan fingerprint density at radius 3 is 2.77 bits per heavy atom. The highest BCUT2D eigenvalue weighted by Gasteiger charge is 2.55. The van der Waals surface area contributed by atoms with Crippen molar-refractivity contribution in [2.24, 2.45) is 17.3 Å². The van der Waals surface area contributed by atoms with Gasteiger partial charge in [-0.05, 0) is 55.8 Å². The lowest BCUT2D eigenvalue weighted by atomic mass is 9.71. The predicted octanol–water partition coefficient (Wildman–Crippen LogP) is 2.69. The molecule has 140 valence electrons. The summed E-state index contributed by atoms with van der Waals surface area (Å²) in [4.78, 5) is 23.9. The molecule has 5 rings (SSSR count). The molecule has 0 aromatic carbocycles. The fraction of sp³-hybridized carbons (Fsp3) is 0.750. The number of aromatic nitrogens is 2. The molecule has 2 aliphatic heterocycles. The van der Waals surface area contributed by atoms with E-state index in [1.807, 2.05) is 0 Å². The van der Waals surface area contributed by atoms with E-state index in [9.17, 15) is 4.79 Å². The number of hydrogen-bond acceptors (Lipinski definition) is 5. The second-order valence-corrected chi connectivity index (χ2v) is 8.51. The lowest BCUT2D eigenvalue weighted by Gasteiger charge is -2.37. The molecule has 0 bridgehead atoms. The molecule has 2 saturated carbocycles. The highest BCUT2D eigenvalue weighted by atomic mass is 16.5. The third-order valence-corrected chi connectivity index (χ3v) is 6.91. The minimum absolute atomic E-state index is 0.0338. The van der Waals surface area contributed by atoms with Gasteiger partial charge in [-0.1, -0.05) is 6.42 Å². The van der Waals surface area contributed by atoms with Gasteiger partial charge in [-0.3, -0.25) is 4.79 Å². The Morgan fingerprint density at radius 1 is 1.19 bits per heavy atom. The zero-order chi connectivity index (χ0) is 17.6. The minimum atomic E-state index is 0.0338. The molecule has 0 unspecified atom stereocenters. The van der Waals surface area contributed by atoms with Crippen molar-refractivity contribution in [1.29, 1.82) is 0 Å². The molecule has 4 fully saturated rings. The Balaban J connectivity index is 1.31. The van der Waals surface area contributed by atoms with E-state index in [0.29, 0.717) is 36.1 Å². The van der Waals surface area contributed by atoms with E-state index in [1.54, 1.807) is 12.4 Å². The van der Waals surface area contributed by atoms with E-state index in [4.69, 9.17) is 9.47 Å². The fourth-order valence-electron chi connectivity index (χ4n) is 5.27. The van der Waals surface area contributed by atoms with Gasteiger partial charge in [-0.15, -0.1) is 0 Å². The first-order valence-corrected chi connectivity index (χ1v) is 10.1. The lowest BCUT2D eigenvalue weighted by molar-refractivity contribution is -0.00102. The topological polar surface area (TPSA) is 64.5 Å². The molecule has 1 amide bonds. The maximum absolute atomic E-state index is 13.2. The number of carbonyl (C=O) groups excluding carboxylic acids is 1. The first-order chi connectivity index (χ1) is 12.8. The summed E-state index contributed by atoms with van der Waals surface area (Å²) in [6.45, 7) is 3.23. The minimum Gasteiger partial charge on any atom is -0.476 e. The molecule has 6 heteroatoms. The Hall–Kier alpha value is -1.69. The third-order valence-electron chi connectivity index (χ3n) is 6.91. The summed E-state index contributed by atoms with van der Waals surface area (Å²) in [7, 11) is 0. The van der Waals surface area contributed by atoms with E-state index in [1.165, 1.54) is 25.7 Å². The molecule has 6 nitrogen and oxygen atoms in total. The van der Waals surface area contributed by atoms with Crippen molar-refractivity contribution in [1.82, 2.24) is 14.9 Å². The summed E-state index contributed by atoms with van der Waals surface area (Å²) in [6, 6.07) is 0.369. The number of likely N-dealkylation sites (tertiary alicyclic amines) is 1. The van der Waals surface area contributed by atoms with E-state index in [-0.39, 0.29) is 11.3 Å². The normalized spacial score (nSPS) is 29.8. The molecule has 1 aromatic heterocycles. The number of amides is 1. The fourth-order valence-corrected chi connectivity index (χ4v) is 5.27. The van der Waals surface area contributed by atoms with Crippen LogP contribution in [0.3, 0.4) is 0 Å². The van der Waals surface area contributed by atoms with Gasteiger partial charge in [0.2, 0.25) is 5.88 Å². The van der Waals surface area contributed by atoms with Crippen LogP contribution in [0.15, 0.2) is 12.4 Å². The van der Waals surface area contributed by atoms with Crippen molar-refractivity contribution in [2.75, 3.05) is 26.4 Å². The molecule has 0 N–H and O–H groups in total. The first-order valence-electron chi connectivity index (χ1n) is 10.1. The summed E-state index contributed by atoms with van der Waals surface area (Å²) in [5.74, 6) is 1.86. The summed E-state index contributed by atoms with van der Waals surface area (Å²) >= 11 is 0. The highest BCUT2D eigenvalue weighted by Crippen LogP contribution is 2.54. The third kappa shape index (κ3) is 2.88. The van der Waals surface area contributed by atoms with E-state index >= 15 is 0 Å². The van der Waals surface area contributed by atoms with Crippen LogP contribution in [0.1, 0.15) is 55.4 Å². The first kappa shape index (κ1) is 16.5. The molecule has 2 atom stereocenters. The lowest BCUT2D eigenvalue weighted by Crippen LogP contribution is -2.38. The quantitative estimate of drug-likeness (QED) is 0.829. The van der Waals surface area contributed by atoms with Gasteiger partial charge < -0.3 is 14.4 Å². The Bertz CT molecular complexity index is 667. The number of fused-ring (bicyclic) bond motifs is 2. The van der Waals surface area contributed by atoms with Crippen molar-refractivity contribution < 1.29 is 14.3 Å². The highest BCUT2D eigenvalue weighted by molar-refractivity contribution is 5.92. The molecule has 4 aliphatic rings. The van der Waals surface area contributed by atoms with Gasteiger partial charge in [0.15, 0.2) is 0 Å². The van der Waals surface area contributed by atoms with Crippen LogP contribution in [0.25, 0.3) is 0 Å². The molecule has 1 spiro atoms. The zero-order valence-electron chi connectivity index (χ0n) is 15.2. The molecular weight excluding hydrogens is 330 g/mol. The summed E-state index contributed by atoms with van der Waals surface area (Å²) in [5, 5.41) is 0.